The molecule has 0 saturated heterocycles. The number of ether oxygens (including phenoxy) is 1. The SMILES string of the molecule is COCc1nnc2n1CCN(C(=O)CC1CCCC1)[C@H]2C. The lowest BCUT2D eigenvalue weighted by Crippen LogP contribution is -2.42. The average molecular weight is 292 g/mol. The third-order valence-corrected chi connectivity index (χ3v) is 4.79. The lowest BCUT2D eigenvalue weighted by Gasteiger charge is -2.34. The Balaban J connectivity index is 1.69. The van der Waals surface area contributed by atoms with E-state index in [1.54, 1.807) is 7.11 Å². The number of hydrogen-bond acceptors (Lipinski definition) is 4. The van der Waals surface area contributed by atoms with E-state index in [1.165, 1.54) is 25.7 Å². The highest BCUT2D eigenvalue weighted by Crippen LogP contribution is 2.31. The van der Waals surface area contributed by atoms with Crippen molar-refractivity contribution in [2.45, 2.75) is 58.2 Å². The van der Waals surface area contributed by atoms with Crippen LogP contribution in [0.2, 0.25) is 0 Å². The number of methoxy groups -OCH3 is 1. The van der Waals surface area contributed by atoms with E-state index in [9.17, 15) is 4.79 Å². The largest absolute Gasteiger partial charge is 0.377 e. The topological polar surface area (TPSA) is 60.3 Å². The maximum atomic E-state index is 12.6. The minimum absolute atomic E-state index is 0.00533. The van der Waals surface area contributed by atoms with Gasteiger partial charge in [-0.1, -0.05) is 12.8 Å². The predicted octanol–water partition coefficient (Wildman–Crippen LogP) is 1.91. The molecule has 6 nitrogen and oxygen atoms in total. The van der Waals surface area contributed by atoms with Crippen LogP contribution in [0.15, 0.2) is 0 Å². The average Bonchev–Trinajstić information content (AvgIpc) is 3.10. The van der Waals surface area contributed by atoms with Crippen LogP contribution in [0, 0.1) is 5.92 Å². The molecule has 1 fully saturated rings. The third-order valence-electron chi connectivity index (χ3n) is 4.79. The Morgan fingerprint density at radius 3 is 2.76 bits per heavy atom. The van der Waals surface area contributed by atoms with E-state index >= 15 is 0 Å². The summed E-state index contributed by atoms with van der Waals surface area (Å²) in [5, 5.41) is 8.44. The first-order valence-corrected chi connectivity index (χ1v) is 7.91. The predicted molar refractivity (Wildman–Crippen MR) is 77.4 cm³/mol. The minimum Gasteiger partial charge on any atom is -0.377 e. The molecule has 1 atom stereocenters. The van der Waals surface area contributed by atoms with Gasteiger partial charge in [-0.2, -0.15) is 0 Å². The van der Waals surface area contributed by atoms with Crippen molar-refractivity contribution in [1.29, 1.82) is 0 Å². The van der Waals surface area contributed by atoms with E-state index in [0.717, 1.165) is 24.7 Å². The number of nitrogens with zero attached hydrogens (tertiary/aromatic N) is 4. The molecule has 3 rings (SSSR count). The van der Waals surface area contributed by atoms with Gasteiger partial charge >= 0.3 is 0 Å². The Morgan fingerprint density at radius 2 is 2.05 bits per heavy atom. The van der Waals surface area contributed by atoms with Gasteiger partial charge in [0.1, 0.15) is 6.61 Å². The number of amides is 1. The highest BCUT2D eigenvalue weighted by Gasteiger charge is 2.32. The van der Waals surface area contributed by atoms with Gasteiger partial charge in [-0.3, -0.25) is 4.79 Å². The van der Waals surface area contributed by atoms with Crippen LogP contribution < -0.4 is 0 Å². The number of aromatic nitrogens is 3. The van der Waals surface area contributed by atoms with Gasteiger partial charge in [-0.05, 0) is 25.7 Å². The molecule has 0 aromatic carbocycles. The van der Waals surface area contributed by atoms with E-state index in [4.69, 9.17) is 4.74 Å². The van der Waals surface area contributed by atoms with E-state index in [-0.39, 0.29) is 11.9 Å². The van der Waals surface area contributed by atoms with E-state index in [2.05, 4.69) is 14.8 Å². The van der Waals surface area contributed by atoms with E-state index in [0.29, 0.717) is 18.9 Å². The zero-order chi connectivity index (χ0) is 14.8. The molecule has 21 heavy (non-hydrogen) atoms. The summed E-state index contributed by atoms with van der Waals surface area (Å²) in [6.07, 6.45) is 5.68. The Hall–Kier alpha value is -1.43. The molecule has 1 aromatic heterocycles. The fourth-order valence-corrected chi connectivity index (χ4v) is 3.60. The molecule has 0 bridgehead atoms. The number of carbonyl (C=O) groups excluding carboxylic acids is 1. The van der Waals surface area contributed by atoms with Crippen molar-refractivity contribution in [3.05, 3.63) is 11.6 Å². The molecule has 2 aliphatic rings. The molecular formula is C15H24N4O2. The zero-order valence-corrected chi connectivity index (χ0v) is 12.9. The first-order chi connectivity index (χ1) is 10.2. The summed E-state index contributed by atoms with van der Waals surface area (Å²) in [6, 6.07) is 0.00533. The summed E-state index contributed by atoms with van der Waals surface area (Å²) >= 11 is 0. The van der Waals surface area contributed by atoms with Crippen LogP contribution in [-0.4, -0.2) is 39.2 Å². The van der Waals surface area contributed by atoms with Gasteiger partial charge in [0, 0.05) is 26.6 Å². The lowest BCUT2D eigenvalue weighted by molar-refractivity contribution is -0.135. The van der Waals surface area contributed by atoms with Crippen LogP contribution in [0.5, 0.6) is 0 Å². The van der Waals surface area contributed by atoms with Gasteiger partial charge in [-0.25, -0.2) is 0 Å². The molecule has 6 heteroatoms. The molecule has 0 spiro atoms. The lowest BCUT2D eigenvalue weighted by atomic mass is 10.0. The Kier molecular flexibility index (Phi) is 4.24. The van der Waals surface area contributed by atoms with Crippen molar-refractivity contribution in [3.63, 3.8) is 0 Å². The fraction of sp³-hybridized carbons (Fsp3) is 0.800. The molecule has 1 aromatic rings. The number of fused-ring (bicyclic) bond motifs is 1. The number of hydrogen-bond donors (Lipinski definition) is 0. The highest BCUT2D eigenvalue weighted by molar-refractivity contribution is 5.77. The summed E-state index contributed by atoms with van der Waals surface area (Å²) in [6.45, 7) is 4.02. The molecule has 116 valence electrons. The van der Waals surface area contributed by atoms with Crippen molar-refractivity contribution in [3.8, 4) is 0 Å². The van der Waals surface area contributed by atoms with Crippen molar-refractivity contribution in [2.75, 3.05) is 13.7 Å². The first kappa shape index (κ1) is 14.5. The maximum Gasteiger partial charge on any atom is 0.223 e. The summed E-state index contributed by atoms with van der Waals surface area (Å²) < 4.78 is 7.24. The van der Waals surface area contributed by atoms with Gasteiger partial charge in [0.05, 0.1) is 6.04 Å². The molecule has 1 aliphatic heterocycles. The first-order valence-electron chi connectivity index (χ1n) is 7.91. The Labute approximate surface area is 125 Å². The summed E-state index contributed by atoms with van der Waals surface area (Å²) in [4.78, 5) is 14.5. The second-order valence-electron chi connectivity index (χ2n) is 6.18. The molecular weight excluding hydrogens is 268 g/mol. The van der Waals surface area contributed by atoms with Gasteiger partial charge in [0.25, 0.3) is 0 Å². The van der Waals surface area contributed by atoms with Crippen molar-refractivity contribution < 1.29 is 9.53 Å². The second kappa shape index (κ2) is 6.13. The fourth-order valence-electron chi connectivity index (χ4n) is 3.60. The smallest absolute Gasteiger partial charge is 0.223 e. The quantitative estimate of drug-likeness (QED) is 0.850. The Morgan fingerprint density at radius 1 is 1.29 bits per heavy atom. The van der Waals surface area contributed by atoms with E-state index < -0.39 is 0 Å². The van der Waals surface area contributed by atoms with Crippen molar-refractivity contribution in [2.24, 2.45) is 5.92 Å². The van der Waals surface area contributed by atoms with Gasteiger partial charge < -0.3 is 14.2 Å². The molecule has 2 heterocycles. The second-order valence-corrected chi connectivity index (χ2v) is 6.18. The van der Waals surface area contributed by atoms with Crippen molar-refractivity contribution in [1.82, 2.24) is 19.7 Å². The molecule has 0 unspecified atom stereocenters. The van der Waals surface area contributed by atoms with Crippen LogP contribution >= 0.6 is 0 Å². The van der Waals surface area contributed by atoms with Gasteiger partial charge in [0.2, 0.25) is 5.91 Å². The minimum atomic E-state index is 0.00533. The monoisotopic (exact) mass is 292 g/mol. The van der Waals surface area contributed by atoms with Crippen LogP contribution in [0.3, 0.4) is 0 Å². The Bertz CT molecular complexity index is 508. The zero-order valence-electron chi connectivity index (χ0n) is 12.9. The standard InChI is InChI=1S/C15H24N4O2/c1-11-15-17-16-13(10-21-2)19(15)8-7-18(11)14(20)9-12-5-3-4-6-12/h11-12H,3-10H2,1-2H3/t11-/m0/s1. The van der Waals surface area contributed by atoms with Gasteiger partial charge in [0.15, 0.2) is 11.6 Å². The summed E-state index contributed by atoms with van der Waals surface area (Å²) in [7, 11) is 1.66. The summed E-state index contributed by atoms with van der Waals surface area (Å²) in [5.74, 6) is 2.60. The third kappa shape index (κ3) is 2.81. The van der Waals surface area contributed by atoms with Crippen LogP contribution in [0.4, 0.5) is 0 Å². The molecule has 1 amide bonds. The van der Waals surface area contributed by atoms with Crippen LogP contribution in [0.25, 0.3) is 0 Å². The number of carbonyl (C=O) groups is 1. The molecule has 0 radical (unpaired) electrons. The van der Waals surface area contributed by atoms with Crippen LogP contribution in [0.1, 0.15) is 56.7 Å². The summed E-state index contributed by atoms with van der Waals surface area (Å²) in [5.41, 5.74) is 0. The molecule has 1 aliphatic carbocycles. The molecule has 1 saturated carbocycles. The number of rotatable bonds is 4. The van der Waals surface area contributed by atoms with Crippen molar-refractivity contribution >= 4 is 5.91 Å². The normalized spacial score (nSPS) is 22.6. The highest BCUT2D eigenvalue weighted by atomic mass is 16.5. The van der Waals surface area contributed by atoms with Crippen LogP contribution in [-0.2, 0) is 22.7 Å². The van der Waals surface area contributed by atoms with Gasteiger partial charge in [-0.15, -0.1) is 10.2 Å². The molecule has 0 N–H and O–H groups in total. The van der Waals surface area contributed by atoms with E-state index in [1.807, 2.05) is 11.8 Å². The maximum absolute atomic E-state index is 12.6.